The zero-order chi connectivity index (χ0) is 22.1. The van der Waals surface area contributed by atoms with Gasteiger partial charge in [0.2, 0.25) is 17.7 Å². The Kier molecular flexibility index (Phi) is 8.68. The first-order valence-corrected chi connectivity index (χ1v) is 10.2. The van der Waals surface area contributed by atoms with E-state index in [1.165, 1.54) is 0 Å². The molecule has 0 saturated heterocycles. The van der Waals surface area contributed by atoms with E-state index in [4.69, 9.17) is 11.6 Å². The number of benzene rings is 2. The maximum Gasteiger partial charge on any atom is 0.243 e. The van der Waals surface area contributed by atoms with E-state index in [0.717, 1.165) is 6.42 Å². The zero-order valence-corrected chi connectivity index (χ0v) is 18.1. The molecule has 0 saturated carbocycles. The average Bonchev–Trinajstić information content (AvgIpc) is 2.69. The number of anilines is 4. The zero-order valence-electron chi connectivity index (χ0n) is 17.3. The van der Waals surface area contributed by atoms with Gasteiger partial charge in [-0.25, -0.2) is 0 Å². The van der Waals surface area contributed by atoms with E-state index in [-0.39, 0.29) is 30.2 Å². The Morgan fingerprint density at radius 1 is 0.900 bits per heavy atom. The first-order valence-electron chi connectivity index (χ1n) is 9.82. The lowest BCUT2D eigenvalue weighted by Gasteiger charge is -2.12. The van der Waals surface area contributed by atoms with Gasteiger partial charge in [-0.15, -0.1) is 0 Å². The molecule has 7 nitrogen and oxygen atoms in total. The quantitative estimate of drug-likeness (QED) is 0.462. The summed E-state index contributed by atoms with van der Waals surface area (Å²) in [4.78, 5) is 35.9. The lowest BCUT2D eigenvalue weighted by atomic mass is 10.2. The van der Waals surface area contributed by atoms with Gasteiger partial charge >= 0.3 is 0 Å². The molecule has 0 fully saturated rings. The molecule has 0 heterocycles. The first kappa shape index (κ1) is 23.2. The van der Waals surface area contributed by atoms with Crippen molar-refractivity contribution in [2.45, 2.75) is 33.6 Å². The Balaban J connectivity index is 1.95. The van der Waals surface area contributed by atoms with Crippen LogP contribution in [-0.2, 0) is 14.4 Å². The van der Waals surface area contributed by atoms with Gasteiger partial charge in [-0.2, -0.15) is 0 Å². The Bertz CT molecular complexity index is 915. The summed E-state index contributed by atoms with van der Waals surface area (Å²) in [6, 6.07) is 12.0. The third-order valence-electron chi connectivity index (χ3n) is 4.11. The van der Waals surface area contributed by atoms with Crippen LogP contribution in [-0.4, -0.2) is 24.3 Å². The fourth-order valence-electron chi connectivity index (χ4n) is 2.52. The second kappa shape index (κ2) is 11.2. The van der Waals surface area contributed by atoms with E-state index in [2.05, 4.69) is 21.3 Å². The Labute approximate surface area is 181 Å². The summed E-state index contributed by atoms with van der Waals surface area (Å²) in [7, 11) is 0. The van der Waals surface area contributed by atoms with Crippen molar-refractivity contribution in [2.75, 3.05) is 27.8 Å². The Hall–Kier alpha value is -3.06. The van der Waals surface area contributed by atoms with Gasteiger partial charge in [0.05, 0.1) is 17.3 Å². The molecule has 0 radical (unpaired) electrons. The highest BCUT2D eigenvalue weighted by Crippen LogP contribution is 2.26. The van der Waals surface area contributed by atoms with Gasteiger partial charge in [0.25, 0.3) is 0 Å². The number of amides is 3. The molecule has 3 amide bonds. The predicted molar refractivity (Wildman–Crippen MR) is 122 cm³/mol. The van der Waals surface area contributed by atoms with Gasteiger partial charge < -0.3 is 21.3 Å². The minimum absolute atomic E-state index is 0.00430. The number of hydrogen-bond donors (Lipinski definition) is 4. The second-order valence-corrected chi connectivity index (χ2v) is 7.53. The van der Waals surface area contributed by atoms with Gasteiger partial charge in [-0.3, -0.25) is 14.4 Å². The fraction of sp³-hybridized carbons (Fsp3) is 0.318. The van der Waals surface area contributed by atoms with Crippen molar-refractivity contribution >= 4 is 52.1 Å². The minimum atomic E-state index is -0.300. The van der Waals surface area contributed by atoms with E-state index in [1.54, 1.807) is 42.5 Å². The Morgan fingerprint density at radius 2 is 1.60 bits per heavy atom. The average molecular weight is 431 g/mol. The molecule has 0 spiro atoms. The molecule has 2 rings (SSSR count). The van der Waals surface area contributed by atoms with Crippen LogP contribution in [0.5, 0.6) is 0 Å². The summed E-state index contributed by atoms with van der Waals surface area (Å²) in [6.07, 6.45) is 1.17. The normalized spacial score (nSPS) is 10.4. The van der Waals surface area contributed by atoms with Crippen LogP contribution in [0.2, 0.25) is 5.02 Å². The summed E-state index contributed by atoms with van der Waals surface area (Å²) in [5.41, 5.74) is 2.32. The van der Waals surface area contributed by atoms with Crippen molar-refractivity contribution in [1.82, 2.24) is 0 Å². The monoisotopic (exact) mass is 430 g/mol. The van der Waals surface area contributed by atoms with E-state index >= 15 is 0 Å². The number of rotatable bonds is 9. The molecule has 8 heteroatoms. The highest BCUT2D eigenvalue weighted by atomic mass is 35.5. The molecule has 0 atom stereocenters. The van der Waals surface area contributed by atoms with Gasteiger partial charge in [0, 0.05) is 29.4 Å². The van der Waals surface area contributed by atoms with E-state index in [9.17, 15) is 14.4 Å². The summed E-state index contributed by atoms with van der Waals surface area (Å²) < 4.78 is 0. The van der Waals surface area contributed by atoms with Crippen LogP contribution in [0.25, 0.3) is 0 Å². The molecule has 0 aliphatic rings. The largest absolute Gasteiger partial charge is 0.376 e. The lowest BCUT2D eigenvalue weighted by Crippen LogP contribution is -2.22. The Morgan fingerprint density at radius 3 is 2.30 bits per heavy atom. The molecule has 0 unspecified atom stereocenters. The van der Waals surface area contributed by atoms with Crippen LogP contribution in [0.1, 0.15) is 33.6 Å². The third-order valence-corrected chi connectivity index (χ3v) is 4.44. The minimum Gasteiger partial charge on any atom is -0.376 e. The predicted octanol–water partition coefficient (Wildman–Crippen LogP) is 4.72. The summed E-state index contributed by atoms with van der Waals surface area (Å²) >= 11 is 6.16. The van der Waals surface area contributed by atoms with Crippen molar-refractivity contribution in [1.29, 1.82) is 0 Å². The van der Waals surface area contributed by atoms with Crippen LogP contribution >= 0.6 is 11.6 Å². The van der Waals surface area contributed by atoms with Crippen LogP contribution in [0.4, 0.5) is 22.7 Å². The number of nitrogens with one attached hydrogen (secondary N) is 4. The first-order chi connectivity index (χ1) is 14.3. The van der Waals surface area contributed by atoms with E-state index < -0.39 is 0 Å². The van der Waals surface area contributed by atoms with Crippen molar-refractivity contribution in [3.8, 4) is 0 Å². The molecular formula is C22H27ClN4O3. The summed E-state index contributed by atoms with van der Waals surface area (Å²) in [5, 5.41) is 11.7. The maximum absolute atomic E-state index is 12.3. The topological polar surface area (TPSA) is 99.3 Å². The fourth-order valence-corrected chi connectivity index (χ4v) is 2.68. The van der Waals surface area contributed by atoms with Crippen molar-refractivity contribution < 1.29 is 14.4 Å². The molecule has 2 aromatic rings. The van der Waals surface area contributed by atoms with Gasteiger partial charge in [0.15, 0.2) is 0 Å². The molecule has 0 aliphatic heterocycles. The molecule has 2 aromatic carbocycles. The van der Waals surface area contributed by atoms with Crippen LogP contribution in [0, 0.1) is 5.92 Å². The number of carbonyl (C=O) groups is 3. The SMILES string of the molecule is CCCC(=O)Nc1ccc(Cl)c(NC(=O)CNc2cccc(NC(=O)C(C)C)c2)c1. The summed E-state index contributed by atoms with van der Waals surface area (Å²) in [6.45, 7) is 5.56. The van der Waals surface area contributed by atoms with Crippen molar-refractivity contribution in [3.05, 3.63) is 47.5 Å². The van der Waals surface area contributed by atoms with Crippen molar-refractivity contribution in [3.63, 3.8) is 0 Å². The molecule has 30 heavy (non-hydrogen) atoms. The van der Waals surface area contributed by atoms with Crippen LogP contribution < -0.4 is 21.3 Å². The van der Waals surface area contributed by atoms with Crippen molar-refractivity contribution in [2.24, 2.45) is 5.92 Å². The molecule has 4 N–H and O–H groups in total. The van der Waals surface area contributed by atoms with E-state index in [0.29, 0.717) is 34.2 Å². The van der Waals surface area contributed by atoms with E-state index in [1.807, 2.05) is 20.8 Å². The van der Waals surface area contributed by atoms with Gasteiger partial charge in [-0.05, 0) is 42.8 Å². The number of hydrogen-bond acceptors (Lipinski definition) is 4. The van der Waals surface area contributed by atoms with Crippen LogP contribution in [0.15, 0.2) is 42.5 Å². The number of carbonyl (C=O) groups excluding carboxylic acids is 3. The number of halogens is 1. The van der Waals surface area contributed by atoms with Gasteiger partial charge in [-0.1, -0.05) is 38.4 Å². The smallest absolute Gasteiger partial charge is 0.243 e. The highest BCUT2D eigenvalue weighted by Gasteiger charge is 2.10. The van der Waals surface area contributed by atoms with Crippen LogP contribution in [0.3, 0.4) is 0 Å². The molecule has 0 aromatic heterocycles. The maximum atomic E-state index is 12.3. The second-order valence-electron chi connectivity index (χ2n) is 7.12. The molecule has 160 valence electrons. The molecule has 0 aliphatic carbocycles. The molecular weight excluding hydrogens is 404 g/mol. The summed E-state index contributed by atoms with van der Waals surface area (Å²) in [5.74, 6) is -0.598. The lowest BCUT2D eigenvalue weighted by molar-refractivity contribution is -0.119. The molecule has 0 bridgehead atoms. The highest BCUT2D eigenvalue weighted by molar-refractivity contribution is 6.33. The van der Waals surface area contributed by atoms with Gasteiger partial charge in [0.1, 0.15) is 0 Å². The third kappa shape index (κ3) is 7.40. The standard InChI is InChI=1S/C22H27ClN4O3/c1-4-6-20(28)25-17-9-10-18(23)19(12-17)27-21(29)13-24-15-7-5-8-16(11-15)26-22(30)14(2)3/h5,7-12,14,24H,4,6,13H2,1-3H3,(H,25,28)(H,26,30)(H,27,29).